The van der Waals surface area contributed by atoms with Crippen LogP contribution < -0.4 is 5.32 Å². The van der Waals surface area contributed by atoms with E-state index in [4.69, 9.17) is 4.42 Å². The third-order valence-corrected chi connectivity index (χ3v) is 5.49. The lowest BCUT2D eigenvalue weighted by molar-refractivity contribution is 0.0747. The molecule has 28 heavy (non-hydrogen) atoms. The lowest BCUT2D eigenvalue weighted by atomic mass is 10.1. The number of aliphatic hydroxyl groups excluding tert-OH is 1. The summed E-state index contributed by atoms with van der Waals surface area (Å²) in [4.78, 5) is 21.4. The fourth-order valence-corrected chi connectivity index (χ4v) is 4.03. The molecular weight excluding hydrogens is 356 g/mol. The van der Waals surface area contributed by atoms with Gasteiger partial charge in [-0.1, -0.05) is 6.07 Å². The van der Waals surface area contributed by atoms with Gasteiger partial charge in [0, 0.05) is 38.4 Å². The van der Waals surface area contributed by atoms with Gasteiger partial charge in [0.2, 0.25) is 5.89 Å². The van der Waals surface area contributed by atoms with E-state index in [1.54, 1.807) is 0 Å². The van der Waals surface area contributed by atoms with Gasteiger partial charge in [0.15, 0.2) is 5.69 Å². The van der Waals surface area contributed by atoms with E-state index >= 15 is 0 Å². The Bertz CT molecular complexity index is 825. The molecule has 0 unspecified atom stereocenters. The number of rotatable bonds is 6. The number of carbonyl (C=O) groups excluding carboxylic acids is 1. The summed E-state index contributed by atoms with van der Waals surface area (Å²) in [6.45, 7) is 6.73. The molecule has 0 radical (unpaired) electrons. The maximum absolute atomic E-state index is 12.5. The fraction of sp³-hybridized carbons (Fsp3) is 0.524. The molecular formula is C21H28N4O3. The van der Waals surface area contributed by atoms with Gasteiger partial charge >= 0.3 is 0 Å². The van der Waals surface area contributed by atoms with Crippen molar-refractivity contribution >= 4 is 11.6 Å². The van der Waals surface area contributed by atoms with Gasteiger partial charge in [0.05, 0.1) is 12.6 Å². The highest BCUT2D eigenvalue weighted by Gasteiger charge is 2.21. The second-order valence-corrected chi connectivity index (χ2v) is 7.84. The number of β-amino-alcohol motifs (C(OH)–C–C–N with tert-alkyl or cyclic N) is 1. The number of carbonyl (C=O) groups is 1. The highest BCUT2D eigenvalue weighted by Crippen LogP contribution is 2.25. The minimum Gasteiger partial charge on any atom is -0.447 e. The second-order valence-electron chi connectivity index (χ2n) is 7.84. The zero-order chi connectivity index (χ0) is 19.5. The van der Waals surface area contributed by atoms with Crippen LogP contribution in [0.25, 0.3) is 0 Å². The largest absolute Gasteiger partial charge is 0.447 e. The number of amides is 1. The van der Waals surface area contributed by atoms with E-state index in [2.05, 4.69) is 32.2 Å². The molecule has 4 rings (SSSR count). The summed E-state index contributed by atoms with van der Waals surface area (Å²) in [7, 11) is 0. The van der Waals surface area contributed by atoms with E-state index in [0.717, 1.165) is 44.7 Å². The Morgan fingerprint density at radius 3 is 2.75 bits per heavy atom. The average molecular weight is 384 g/mol. The second kappa shape index (κ2) is 8.43. The Morgan fingerprint density at radius 2 is 1.96 bits per heavy atom. The summed E-state index contributed by atoms with van der Waals surface area (Å²) in [5, 5.41) is 12.4. The van der Waals surface area contributed by atoms with Crippen molar-refractivity contribution in [2.24, 2.45) is 0 Å². The van der Waals surface area contributed by atoms with Gasteiger partial charge in [-0.05, 0) is 49.4 Å². The molecule has 1 aliphatic carbocycles. The lowest BCUT2D eigenvalue weighted by Gasteiger charge is -2.34. The number of benzene rings is 1. The zero-order valence-corrected chi connectivity index (χ0v) is 16.4. The minimum atomic E-state index is -0.301. The average Bonchev–Trinajstić information content (AvgIpc) is 3.32. The number of hydrogen-bond donors (Lipinski definition) is 2. The van der Waals surface area contributed by atoms with Crippen molar-refractivity contribution in [2.45, 2.75) is 38.8 Å². The SMILES string of the molecule is C[C@H](O)CN1CCN(Cc2nc(C(=O)Nc3ccc4c(c3)CCC4)co2)CC1. The Balaban J connectivity index is 1.30. The van der Waals surface area contributed by atoms with Crippen molar-refractivity contribution in [1.82, 2.24) is 14.8 Å². The minimum absolute atomic E-state index is 0.241. The molecule has 1 aliphatic heterocycles. The molecule has 0 bridgehead atoms. The van der Waals surface area contributed by atoms with Gasteiger partial charge in [-0.15, -0.1) is 0 Å². The predicted octanol–water partition coefficient (Wildman–Crippen LogP) is 1.91. The number of nitrogens with one attached hydrogen (secondary N) is 1. The molecule has 2 aliphatic rings. The third-order valence-electron chi connectivity index (χ3n) is 5.49. The van der Waals surface area contributed by atoms with Gasteiger partial charge in [-0.3, -0.25) is 14.6 Å². The molecule has 0 spiro atoms. The maximum Gasteiger partial charge on any atom is 0.277 e. The van der Waals surface area contributed by atoms with Crippen LogP contribution in [-0.4, -0.2) is 64.6 Å². The van der Waals surface area contributed by atoms with Gasteiger partial charge in [-0.25, -0.2) is 4.98 Å². The van der Waals surface area contributed by atoms with Gasteiger partial charge < -0.3 is 14.8 Å². The van der Waals surface area contributed by atoms with Crippen LogP contribution in [-0.2, 0) is 19.4 Å². The Kier molecular flexibility index (Phi) is 5.75. The summed E-state index contributed by atoms with van der Waals surface area (Å²) in [5.74, 6) is 0.317. The molecule has 1 saturated heterocycles. The molecule has 1 amide bonds. The number of piperazine rings is 1. The van der Waals surface area contributed by atoms with E-state index < -0.39 is 0 Å². The molecule has 1 fully saturated rings. The number of aryl methyl sites for hydroxylation is 2. The topological polar surface area (TPSA) is 81.8 Å². The summed E-state index contributed by atoms with van der Waals surface area (Å²) in [6, 6.07) is 6.12. The molecule has 7 heteroatoms. The van der Waals surface area contributed by atoms with Crippen LogP contribution in [0, 0.1) is 0 Å². The molecule has 2 heterocycles. The molecule has 1 atom stereocenters. The van der Waals surface area contributed by atoms with Crippen molar-refractivity contribution < 1.29 is 14.3 Å². The summed E-state index contributed by atoms with van der Waals surface area (Å²) < 4.78 is 5.52. The zero-order valence-electron chi connectivity index (χ0n) is 16.4. The van der Waals surface area contributed by atoms with Crippen LogP contribution in [0.3, 0.4) is 0 Å². The number of aromatic nitrogens is 1. The van der Waals surface area contributed by atoms with Gasteiger partial charge in [0.1, 0.15) is 6.26 Å². The van der Waals surface area contributed by atoms with Crippen molar-refractivity contribution in [3.63, 3.8) is 0 Å². The van der Waals surface area contributed by atoms with Gasteiger partial charge in [-0.2, -0.15) is 0 Å². The first-order valence-corrected chi connectivity index (χ1v) is 10.1. The number of nitrogens with zero attached hydrogens (tertiary/aromatic N) is 3. The lowest BCUT2D eigenvalue weighted by Crippen LogP contribution is -2.47. The monoisotopic (exact) mass is 384 g/mol. The van der Waals surface area contributed by atoms with Gasteiger partial charge in [0.25, 0.3) is 5.91 Å². The first kappa shape index (κ1) is 19.1. The number of fused-ring (bicyclic) bond motifs is 1. The van der Waals surface area contributed by atoms with Crippen molar-refractivity contribution in [3.05, 3.63) is 47.2 Å². The van der Waals surface area contributed by atoms with Crippen molar-refractivity contribution in [2.75, 3.05) is 38.0 Å². The Hall–Kier alpha value is -2.22. The number of oxazole rings is 1. The van der Waals surface area contributed by atoms with E-state index in [9.17, 15) is 9.90 Å². The number of hydrogen-bond acceptors (Lipinski definition) is 6. The van der Waals surface area contributed by atoms with E-state index in [1.807, 2.05) is 13.0 Å². The normalized spacial score (nSPS) is 18.8. The molecule has 1 aromatic heterocycles. The van der Waals surface area contributed by atoms with Crippen LogP contribution in [0.2, 0.25) is 0 Å². The molecule has 2 aromatic rings. The van der Waals surface area contributed by atoms with Crippen LogP contribution >= 0.6 is 0 Å². The predicted molar refractivity (Wildman–Crippen MR) is 106 cm³/mol. The first-order valence-electron chi connectivity index (χ1n) is 10.1. The van der Waals surface area contributed by atoms with Crippen LogP contribution in [0.4, 0.5) is 5.69 Å². The van der Waals surface area contributed by atoms with Crippen LogP contribution in [0.15, 0.2) is 28.9 Å². The summed E-state index contributed by atoms with van der Waals surface area (Å²) in [6.07, 6.45) is 4.53. The Morgan fingerprint density at radius 1 is 1.21 bits per heavy atom. The number of aliphatic hydroxyl groups is 1. The number of anilines is 1. The molecule has 1 aromatic carbocycles. The van der Waals surface area contributed by atoms with Crippen molar-refractivity contribution in [1.29, 1.82) is 0 Å². The third kappa shape index (κ3) is 4.60. The van der Waals surface area contributed by atoms with Crippen LogP contribution in [0.1, 0.15) is 40.9 Å². The van der Waals surface area contributed by atoms with E-state index in [-0.39, 0.29) is 12.0 Å². The smallest absolute Gasteiger partial charge is 0.277 e. The maximum atomic E-state index is 12.5. The quantitative estimate of drug-likeness (QED) is 0.792. The molecule has 0 saturated carbocycles. The molecule has 2 N–H and O–H groups in total. The standard InChI is InChI=1S/C21H28N4O3/c1-15(26)12-24-7-9-25(10-8-24)13-20-23-19(14-28-20)21(27)22-18-6-5-16-3-2-4-17(16)11-18/h5-6,11,14-15,26H,2-4,7-10,12-13H2,1H3,(H,22,27)/t15-/m0/s1. The first-order chi connectivity index (χ1) is 13.6. The summed E-state index contributed by atoms with van der Waals surface area (Å²) >= 11 is 0. The highest BCUT2D eigenvalue weighted by molar-refractivity contribution is 6.02. The van der Waals surface area contributed by atoms with E-state index in [0.29, 0.717) is 24.7 Å². The Labute approximate surface area is 165 Å². The highest BCUT2D eigenvalue weighted by atomic mass is 16.3. The van der Waals surface area contributed by atoms with Crippen LogP contribution in [0.5, 0.6) is 0 Å². The van der Waals surface area contributed by atoms with E-state index in [1.165, 1.54) is 23.8 Å². The van der Waals surface area contributed by atoms with Crippen molar-refractivity contribution in [3.8, 4) is 0 Å². The fourth-order valence-electron chi connectivity index (χ4n) is 4.03. The summed E-state index contributed by atoms with van der Waals surface area (Å²) in [5.41, 5.74) is 3.83. The molecule has 150 valence electrons. The molecule has 7 nitrogen and oxygen atoms in total.